The van der Waals surface area contributed by atoms with Crippen molar-refractivity contribution in [2.45, 2.75) is 45.6 Å². The Bertz CT molecular complexity index is 508. The van der Waals surface area contributed by atoms with E-state index in [9.17, 15) is 9.59 Å². The van der Waals surface area contributed by atoms with Crippen molar-refractivity contribution in [1.82, 2.24) is 16.0 Å². The molecule has 5 nitrogen and oxygen atoms in total. The van der Waals surface area contributed by atoms with Crippen molar-refractivity contribution < 1.29 is 9.59 Å². The molecule has 0 spiro atoms. The van der Waals surface area contributed by atoms with Crippen molar-refractivity contribution in [2.75, 3.05) is 13.1 Å². The SMILES string of the molecule is Cc1ccc(CNC(=O)NCCNC(=O)CC2CCCC2)cc1. The van der Waals surface area contributed by atoms with E-state index in [1.54, 1.807) is 0 Å². The predicted octanol–water partition coefficient (Wildman–Crippen LogP) is 2.49. The molecular formula is C18H27N3O2. The number of hydrogen-bond donors (Lipinski definition) is 3. The Morgan fingerprint density at radius 2 is 1.65 bits per heavy atom. The number of urea groups is 1. The fraction of sp³-hybridized carbons (Fsp3) is 0.556. The smallest absolute Gasteiger partial charge is 0.315 e. The van der Waals surface area contributed by atoms with Gasteiger partial charge in [0.25, 0.3) is 0 Å². The summed E-state index contributed by atoms with van der Waals surface area (Å²) < 4.78 is 0. The zero-order valence-corrected chi connectivity index (χ0v) is 13.9. The summed E-state index contributed by atoms with van der Waals surface area (Å²) in [7, 11) is 0. The lowest BCUT2D eigenvalue weighted by Crippen LogP contribution is -2.40. The van der Waals surface area contributed by atoms with Crippen molar-refractivity contribution in [3.05, 3.63) is 35.4 Å². The molecule has 126 valence electrons. The van der Waals surface area contributed by atoms with Crippen molar-refractivity contribution in [3.63, 3.8) is 0 Å². The molecule has 5 heteroatoms. The van der Waals surface area contributed by atoms with Crippen LogP contribution in [0.25, 0.3) is 0 Å². The van der Waals surface area contributed by atoms with Gasteiger partial charge in [0.1, 0.15) is 0 Å². The lowest BCUT2D eigenvalue weighted by molar-refractivity contribution is -0.121. The maximum atomic E-state index is 11.7. The van der Waals surface area contributed by atoms with Gasteiger partial charge in [-0.2, -0.15) is 0 Å². The van der Waals surface area contributed by atoms with Gasteiger partial charge < -0.3 is 16.0 Å². The number of aryl methyl sites for hydroxylation is 1. The highest BCUT2D eigenvalue weighted by molar-refractivity contribution is 5.76. The van der Waals surface area contributed by atoms with E-state index >= 15 is 0 Å². The van der Waals surface area contributed by atoms with Crippen molar-refractivity contribution in [2.24, 2.45) is 5.92 Å². The van der Waals surface area contributed by atoms with E-state index in [2.05, 4.69) is 16.0 Å². The van der Waals surface area contributed by atoms with Gasteiger partial charge >= 0.3 is 6.03 Å². The van der Waals surface area contributed by atoms with Crippen LogP contribution >= 0.6 is 0 Å². The molecule has 0 atom stereocenters. The van der Waals surface area contributed by atoms with Crippen LogP contribution in [0.4, 0.5) is 4.79 Å². The first-order valence-electron chi connectivity index (χ1n) is 8.47. The Hall–Kier alpha value is -2.04. The van der Waals surface area contributed by atoms with Gasteiger partial charge in [0.05, 0.1) is 0 Å². The Morgan fingerprint density at radius 3 is 2.35 bits per heavy atom. The normalized spacial score (nSPS) is 14.5. The first kappa shape index (κ1) is 17.3. The first-order chi connectivity index (χ1) is 11.1. The largest absolute Gasteiger partial charge is 0.354 e. The zero-order chi connectivity index (χ0) is 16.5. The Balaban J connectivity index is 1.52. The Morgan fingerprint density at radius 1 is 1.00 bits per heavy atom. The van der Waals surface area contributed by atoms with Gasteiger partial charge in [-0.15, -0.1) is 0 Å². The zero-order valence-electron chi connectivity index (χ0n) is 13.9. The molecule has 0 bridgehead atoms. The van der Waals surface area contributed by atoms with E-state index in [1.165, 1.54) is 31.2 Å². The van der Waals surface area contributed by atoms with Crippen LogP contribution in [-0.4, -0.2) is 25.0 Å². The van der Waals surface area contributed by atoms with Gasteiger partial charge in [-0.25, -0.2) is 4.79 Å². The van der Waals surface area contributed by atoms with Gasteiger partial charge in [0.15, 0.2) is 0 Å². The molecule has 3 amide bonds. The first-order valence-corrected chi connectivity index (χ1v) is 8.47. The average molecular weight is 317 g/mol. The summed E-state index contributed by atoms with van der Waals surface area (Å²) in [5.74, 6) is 0.652. The van der Waals surface area contributed by atoms with Gasteiger partial charge in [-0.1, -0.05) is 42.7 Å². The molecule has 1 fully saturated rings. The fourth-order valence-corrected chi connectivity index (χ4v) is 2.88. The van der Waals surface area contributed by atoms with E-state index in [0.717, 1.165) is 5.56 Å². The molecule has 3 N–H and O–H groups in total. The van der Waals surface area contributed by atoms with Crippen LogP contribution in [0.2, 0.25) is 0 Å². The van der Waals surface area contributed by atoms with Crippen molar-refractivity contribution in [3.8, 4) is 0 Å². The monoisotopic (exact) mass is 317 g/mol. The highest BCUT2D eigenvalue weighted by Crippen LogP contribution is 2.27. The third kappa shape index (κ3) is 6.72. The summed E-state index contributed by atoms with van der Waals surface area (Å²) in [6.45, 7) is 3.45. The van der Waals surface area contributed by atoms with Gasteiger partial charge in [-0.3, -0.25) is 4.79 Å². The molecule has 23 heavy (non-hydrogen) atoms. The minimum absolute atomic E-state index is 0.0961. The van der Waals surface area contributed by atoms with Crippen LogP contribution in [-0.2, 0) is 11.3 Å². The second kappa shape index (κ2) is 9.18. The molecule has 2 rings (SSSR count). The highest BCUT2D eigenvalue weighted by atomic mass is 16.2. The molecular weight excluding hydrogens is 290 g/mol. The second-order valence-electron chi connectivity index (χ2n) is 6.30. The van der Waals surface area contributed by atoms with E-state index < -0.39 is 0 Å². The van der Waals surface area contributed by atoms with Crippen LogP contribution in [0.15, 0.2) is 24.3 Å². The molecule has 0 unspecified atom stereocenters. The molecule has 1 aromatic carbocycles. The Kier molecular flexibility index (Phi) is 6.91. The molecule has 0 aliphatic heterocycles. The minimum Gasteiger partial charge on any atom is -0.354 e. The summed E-state index contributed by atoms with van der Waals surface area (Å²) in [5.41, 5.74) is 2.27. The third-order valence-electron chi connectivity index (χ3n) is 4.26. The summed E-state index contributed by atoms with van der Waals surface area (Å²) in [4.78, 5) is 23.4. The van der Waals surface area contributed by atoms with Crippen molar-refractivity contribution >= 4 is 11.9 Å². The maximum absolute atomic E-state index is 11.7. The number of carbonyl (C=O) groups is 2. The molecule has 0 heterocycles. The lowest BCUT2D eigenvalue weighted by atomic mass is 10.0. The van der Waals surface area contributed by atoms with E-state index in [1.807, 2.05) is 31.2 Å². The highest BCUT2D eigenvalue weighted by Gasteiger charge is 2.17. The number of rotatable bonds is 7. The van der Waals surface area contributed by atoms with E-state index in [-0.39, 0.29) is 11.9 Å². The minimum atomic E-state index is -0.212. The number of amides is 3. The molecule has 0 saturated heterocycles. The lowest BCUT2D eigenvalue weighted by Gasteiger charge is -2.11. The topological polar surface area (TPSA) is 70.2 Å². The van der Waals surface area contributed by atoms with E-state index in [0.29, 0.717) is 32.0 Å². The summed E-state index contributed by atoms with van der Waals surface area (Å²) in [6.07, 6.45) is 5.47. The summed E-state index contributed by atoms with van der Waals surface area (Å²) >= 11 is 0. The van der Waals surface area contributed by atoms with Gasteiger partial charge in [0.2, 0.25) is 5.91 Å². The van der Waals surface area contributed by atoms with Gasteiger partial charge in [-0.05, 0) is 31.2 Å². The molecule has 0 radical (unpaired) electrons. The van der Waals surface area contributed by atoms with Crippen LogP contribution in [0.3, 0.4) is 0 Å². The Labute approximate surface area is 138 Å². The van der Waals surface area contributed by atoms with Crippen molar-refractivity contribution in [1.29, 1.82) is 0 Å². The summed E-state index contributed by atoms with van der Waals surface area (Å²) in [5, 5.41) is 8.41. The number of benzene rings is 1. The van der Waals surface area contributed by atoms with E-state index in [4.69, 9.17) is 0 Å². The predicted molar refractivity (Wildman–Crippen MR) is 91.0 cm³/mol. The fourth-order valence-electron chi connectivity index (χ4n) is 2.88. The summed E-state index contributed by atoms with van der Waals surface area (Å²) in [6, 6.07) is 7.83. The average Bonchev–Trinajstić information content (AvgIpc) is 3.04. The second-order valence-corrected chi connectivity index (χ2v) is 6.30. The standard InChI is InChI=1S/C18H27N3O2/c1-14-6-8-16(9-7-14)13-21-18(23)20-11-10-19-17(22)12-15-4-2-3-5-15/h6-9,15H,2-5,10-13H2,1H3,(H,19,22)(H2,20,21,23). The van der Waals surface area contributed by atoms with Crippen LogP contribution in [0, 0.1) is 12.8 Å². The van der Waals surface area contributed by atoms with Crippen LogP contribution in [0.5, 0.6) is 0 Å². The van der Waals surface area contributed by atoms with Crippen LogP contribution < -0.4 is 16.0 Å². The molecule has 1 aliphatic carbocycles. The van der Waals surface area contributed by atoms with Crippen LogP contribution in [0.1, 0.15) is 43.2 Å². The maximum Gasteiger partial charge on any atom is 0.315 e. The number of carbonyl (C=O) groups excluding carboxylic acids is 2. The molecule has 1 saturated carbocycles. The molecule has 1 aliphatic rings. The number of nitrogens with one attached hydrogen (secondary N) is 3. The van der Waals surface area contributed by atoms with Gasteiger partial charge in [0, 0.05) is 26.1 Å². The molecule has 1 aromatic rings. The third-order valence-corrected chi connectivity index (χ3v) is 4.26. The quantitative estimate of drug-likeness (QED) is 0.676. The molecule has 0 aromatic heterocycles. The number of hydrogen-bond acceptors (Lipinski definition) is 2.